The first-order valence-corrected chi connectivity index (χ1v) is 8.22. The van der Waals surface area contributed by atoms with E-state index in [4.69, 9.17) is 11.6 Å². The molecule has 0 aliphatic rings. The molecule has 0 amide bonds. The number of benzene rings is 1. The molecule has 23 heavy (non-hydrogen) atoms. The van der Waals surface area contributed by atoms with Gasteiger partial charge in [0.25, 0.3) is 0 Å². The summed E-state index contributed by atoms with van der Waals surface area (Å²) in [5.41, 5.74) is -2.80. The minimum atomic E-state index is -4.73. The summed E-state index contributed by atoms with van der Waals surface area (Å²) in [6.07, 6.45) is -4.71. The summed E-state index contributed by atoms with van der Waals surface area (Å²) in [5, 5.41) is -0.395. The Bertz CT molecular complexity index is 706. The third kappa shape index (κ3) is 4.36. The zero-order valence-electron chi connectivity index (χ0n) is 12.5. The summed E-state index contributed by atoms with van der Waals surface area (Å²) < 4.78 is 69.5. The highest BCUT2D eigenvalue weighted by Gasteiger charge is 2.39. The maximum atomic E-state index is 12.7. The monoisotopic (exact) mass is 373 g/mol. The van der Waals surface area contributed by atoms with E-state index in [1.165, 1.54) is 13.8 Å². The third-order valence-corrected chi connectivity index (χ3v) is 5.33. The minimum Gasteiger partial charge on any atom is -0.468 e. The minimum absolute atomic E-state index is 0.0233. The van der Waals surface area contributed by atoms with E-state index in [0.29, 0.717) is 12.1 Å². The number of ether oxygens (including phenoxy) is 1. The van der Waals surface area contributed by atoms with Crippen LogP contribution in [0.25, 0.3) is 0 Å². The lowest BCUT2D eigenvalue weighted by Crippen LogP contribution is -2.52. The van der Waals surface area contributed by atoms with Crippen LogP contribution in [0.15, 0.2) is 23.1 Å². The van der Waals surface area contributed by atoms with Crippen molar-refractivity contribution >= 4 is 27.6 Å². The smallest absolute Gasteiger partial charge is 0.416 e. The van der Waals surface area contributed by atoms with Gasteiger partial charge in [0.2, 0.25) is 10.0 Å². The summed E-state index contributed by atoms with van der Waals surface area (Å²) in [7, 11) is -3.41. The van der Waals surface area contributed by atoms with Crippen molar-refractivity contribution < 1.29 is 31.1 Å². The van der Waals surface area contributed by atoms with Gasteiger partial charge < -0.3 is 4.74 Å². The second-order valence-corrected chi connectivity index (χ2v) is 6.98. The number of carbonyl (C=O) groups excluding carboxylic acids is 1. The highest BCUT2D eigenvalue weighted by molar-refractivity contribution is 7.89. The fraction of sp³-hybridized carbons (Fsp3) is 0.462. The zero-order chi connectivity index (χ0) is 18.1. The highest BCUT2D eigenvalue weighted by atomic mass is 35.5. The molecule has 0 saturated heterocycles. The van der Waals surface area contributed by atoms with Gasteiger partial charge in [0.05, 0.1) is 17.7 Å². The lowest BCUT2D eigenvalue weighted by atomic mass is 10.0. The molecule has 0 heterocycles. The van der Waals surface area contributed by atoms with Crippen molar-refractivity contribution in [3.63, 3.8) is 0 Å². The largest absolute Gasteiger partial charge is 0.468 e. The standard InChI is InChI=1S/C13H15ClF3NO4S/c1-4-12(2,11(19)22-3)18-23(20,21)10-7-8(13(15,16)17)5-6-9(10)14/h5-7,18H,4H2,1-3H3. The Labute approximate surface area is 136 Å². The molecule has 1 aromatic carbocycles. The van der Waals surface area contributed by atoms with E-state index in [0.717, 1.165) is 13.2 Å². The lowest BCUT2D eigenvalue weighted by molar-refractivity contribution is -0.147. The number of nitrogens with one attached hydrogen (secondary N) is 1. The van der Waals surface area contributed by atoms with Crippen molar-refractivity contribution in [2.75, 3.05) is 7.11 Å². The predicted octanol–water partition coefficient (Wildman–Crippen LogP) is 2.98. The molecule has 0 radical (unpaired) electrons. The number of esters is 1. The first-order valence-electron chi connectivity index (χ1n) is 6.36. The van der Waals surface area contributed by atoms with Crippen molar-refractivity contribution in [1.29, 1.82) is 0 Å². The number of carbonyl (C=O) groups is 1. The predicted molar refractivity (Wildman–Crippen MR) is 77.5 cm³/mol. The zero-order valence-corrected chi connectivity index (χ0v) is 14.1. The number of alkyl halides is 3. The molecule has 10 heteroatoms. The van der Waals surface area contributed by atoms with Gasteiger partial charge in [-0.3, -0.25) is 4.79 Å². The number of hydrogen-bond donors (Lipinski definition) is 1. The van der Waals surface area contributed by atoms with E-state index in [-0.39, 0.29) is 6.42 Å². The first kappa shape index (κ1) is 19.7. The number of halogens is 4. The van der Waals surface area contributed by atoms with Gasteiger partial charge in [0.15, 0.2) is 0 Å². The summed E-state index contributed by atoms with van der Waals surface area (Å²) in [4.78, 5) is 11.0. The van der Waals surface area contributed by atoms with Crippen LogP contribution in [-0.4, -0.2) is 27.0 Å². The van der Waals surface area contributed by atoms with Crippen LogP contribution < -0.4 is 4.72 Å². The van der Waals surface area contributed by atoms with Crippen LogP contribution in [0.4, 0.5) is 13.2 Å². The Balaban J connectivity index is 3.36. The van der Waals surface area contributed by atoms with Crippen LogP contribution in [0.1, 0.15) is 25.8 Å². The fourth-order valence-corrected chi connectivity index (χ4v) is 3.68. The van der Waals surface area contributed by atoms with E-state index in [1.54, 1.807) is 0 Å². The molecule has 0 aliphatic carbocycles. The van der Waals surface area contributed by atoms with Gasteiger partial charge in [0.1, 0.15) is 10.4 Å². The van der Waals surface area contributed by atoms with Crippen molar-refractivity contribution in [2.45, 2.75) is 36.9 Å². The lowest BCUT2D eigenvalue weighted by Gasteiger charge is -2.26. The molecule has 1 aromatic rings. The normalized spacial score (nSPS) is 15.1. The maximum Gasteiger partial charge on any atom is 0.416 e. The molecule has 0 saturated carbocycles. The average Bonchev–Trinajstić information content (AvgIpc) is 2.44. The summed E-state index contributed by atoms with van der Waals surface area (Å²) in [5.74, 6) is -0.869. The second-order valence-electron chi connectivity index (χ2n) is 4.93. The van der Waals surface area contributed by atoms with Crippen molar-refractivity contribution in [2.24, 2.45) is 0 Å². The number of rotatable bonds is 5. The molecule has 1 unspecified atom stereocenters. The highest BCUT2D eigenvalue weighted by Crippen LogP contribution is 2.33. The van der Waals surface area contributed by atoms with Crippen molar-refractivity contribution in [3.8, 4) is 0 Å². The third-order valence-electron chi connectivity index (χ3n) is 3.25. The molecule has 130 valence electrons. The van der Waals surface area contributed by atoms with Crippen LogP contribution in [0.2, 0.25) is 5.02 Å². The van der Waals surface area contributed by atoms with E-state index >= 15 is 0 Å². The molecular formula is C13H15ClF3NO4S. The van der Waals surface area contributed by atoms with Gasteiger partial charge >= 0.3 is 12.1 Å². The van der Waals surface area contributed by atoms with E-state index in [9.17, 15) is 26.4 Å². The number of methoxy groups -OCH3 is 1. The van der Waals surface area contributed by atoms with E-state index in [1.807, 2.05) is 0 Å². The van der Waals surface area contributed by atoms with Gasteiger partial charge in [-0.15, -0.1) is 0 Å². The summed E-state index contributed by atoms with van der Waals surface area (Å²) in [6.45, 7) is 2.78. The molecule has 0 bridgehead atoms. The quantitative estimate of drug-likeness (QED) is 0.805. The first-order chi connectivity index (χ1) is 10.4. The average molecular weight is 374 g/mol. The second kappa shape index (κ2) is 6.66. The number of sulfonamides is 1. The Kier molecular flexibility index (Phi) is 5.71. The summed E-state index contributed by atoms with van der Waals surface area (Å²) >= 11 is 5.71. The van der Waals surface area contributed by atoms with E-state index in [2.05, 4.69) is 9.46 Å². The van der Waals surface area contributed by atoms with Crippen LogP contribution >= 0.6 is 11.6 Å². The van der Waals surface area contributed by atoms with Crippen LogP contribution in [0, 0.1) is 0 Å². The van der Waals surface area contributed by atoms with Crippen LogP contribution in [0.3, 0.4) is 0 Å². The summed E-state index contributed by atoms with van der Waals surface area (Å²) in [6, 6.07) is 1.92. The van der Waals surface area contributed by atoms with Gasteiger partial charge in [-0.2, -0.15) is 17.9 Å². The van der Waals surface area contributed by atoms with Crippen molar-refractivity contribution in [1.82, 2.24) is 4.72 Å². The topological polar surface area (TPSA) is 72.5 Å². The van der Waals surface area contributed by atoms with Gasteiger partial charge in [-0.05, 0) is 31.5 Å². The van der Waals surface area contributed by atoms with Gasteiger partial charge in [-0.25, -0.2) is 8.42 Å². The Morgan fingerprint density at radius 2 is 1.91 bits per heavy atom. The molecular weight excluding hydrogens is 359 g/mol. The molecule has 1 rings (SSSR count). The van der Waals surface area contributed by atoms with Crippen LogP contribution in [-0.2, 0) is 25.7 Å². The van der Waals surface area contributed by atoms with Crippen LogP contribution in [0.5, 0.6) is 0 Å². The van der Waals surface area contributed by atoms with E-state index < -0.39 is 43.2 Å². The molecule has 0 spiro atoms. The molecule has 0 aromatic heterocycles. The molecule has 0 aliphatic heterocycles. The SMILES string of the molecule is CCC(C)(NS(=O)(=O)c1cc(C(F)(F)F)ccc1Cl)C(=O)OC. The maximum absolute atomic E-state index is 12.7. The van der Waals surface area contributed by atoms with Gasteiger partial charge in [-0.1, -0.05) is 18.5 Å². The molecule has 5 nitrogen and oxygen atoms in total. The number of hydrogen-bond acceptors (Lipinski definition) is 4. The molecule has 1 N–H and O–H groups in total. The Morgan fingerprint density at radius 3 is 2.35 bits per heavy atom. The molecule has 0 fully saturated rings. The Hall–Kier alpha value is -1.32. The Morgan fingerprint density at radius 1 is 1.35 bits per heavy atom. The molecule has 1 atom stereocenters. The van der Waals surface area contributed by atoms with Crippen molar-refractivity contribution in [3.05, 3.63) is 28.8 Å². The fourth-order valence-electron chi connectivity index (χ4n) is 1.72. The van der Waals surface area contributed by atoms with Gasteiger partial charge in [0, 0.05) is 0 Å².